The van der Waals surface area contributed by atoms with Crippen LogP contribution < -0.4 is 0 Å². The summed E-state index contributed by atoms with van der Waals surface area (Å²) in [6, 6.07) is 0. The molecule has 0 bridgehead atoms. The fourth-order valence-electron chi connectivity index (χ4n) is 1.21. The minimum absolute atomic E-state index is 0. The summed E-state index contributed by atoms with van der Waals surface area (Å²) in [6.45, 7) is 4.54. The summed E-state index contributed by atoms with van der Waals surface area (Å²) in [6.07, 6.45) is 11.5. The molecule has 0 unspecified atom stereocenters. The third-order valence-corrected chi connectivity index (χ3v) is 1.96. The molecule has 6 nitrogen and oxygen atoms in total. The summed E-state index contributed by atoms with van der Waals surface area (Å²) in [5, 5.41) is 0. The van der Waals surface area contributed by atoms with E-state index in [0.29, 0.717) is 0 Å². The molecule has 0 fully saturated rings. The number of hydrogen-bond acceptors (Lipinski definition) is 2. The van der Waals surface area contributed by atoms with Crippen molar-refractivity contribution in [2.75, 3.05) is 0 Å². The molecule has 0 aromatic carbocycles. The number of unbranched alkanes of at least 4 members (excludes halogenated alkanes) is 7. The van der Waals surface area contributed by atoms with Gasteiger partial charge in [-0.2, -0.15) is 8.42 Å². The molecule has 0 rings (SSSR count). The zero-order valence-electron chi connectivity index (χ0n) is 11.6. The first-order valence-electron chi connectivity index (χ1n) is 5.61. The Hall–Kier alpha value is 1.63. The zero-order valence-corrected chi connectivity index (χ0v) is 14.0. The van der Waals surface area contributed by atoms with Gasteiger partial charge in [0.25, 0.3) is 0 Å². The normalized spacial score (nSPS) is 8.00. The van der Waals surface area contributed by atoms with E-state index in [1.807, 2.05) is 0 Å². The number of rotatable bonds is 7. The van der Waals surface area contributed by atoms with Gasteiger partial charge in [-0.3, -0.25) is 9.11 Å². The predicted molar refractivity (Wildman–Crippen MR) is 92.7 cm³/mol. The topological polar surface area (TPSA) is 138 Å². The predicted octanol–water partition coefficient (Wildman–Crippen LogP) is 1.77. The van der Waals surface area contributed by atoms with Crippen LogP contribution in [0.15, 0.2) is 0 Å². The molecule has 0 aromatic rings. The maximum absolute atomic E-state index is 8.74. The van der Waals surface area contributed by atoms with Crippen molar-refractivity contribution in [3.05, 3.63) is 0 Å². The van der Waals surface area contributed by atoms with Crippen LogP contribution in [0.4, 0.5) is 0 Å². The average molecular weight is 391 g/mol. The second kappa shape index (κ2) is 32.5. The monoisotopic (exact) mass is 390 g/mol. The summed E-state index contributed by atoms with van der Waals surface area (Å²) in [4.78, 5) is 0. The SMILES string of the molecule is CCCCCCCCCC.Cl.Cl.O.O.O=S(=O)(O)O.[CaH2]. The van der Waals surface area contributed by atoms with E-state index in [4.69, 9.17) is 17.5 Å². The first-order chi connectivity index (χ1) is 6.91. The van der Waals surface area contributed by atoms with Crippen molar-refractivity contribution in [1.82, 2.24) is 0 Å². The quantitative estimate of drug-likeness (QED) is 0.388. The molecular formula is C10H32CaCl2O6S. The van der Waals surface area contributed by atoms with E-state index < -0.39 is 10.4 Å². The van der Waals surface area contributed by atoms with Crippen molar-refractivity contribution in [3.8, 4) is 0 Å². The molecular weight excluding hydrogens is 359 g/mol. The second-order valence-electron chi connectivity index (χ2n) is 3.57. The molecule has 130 valence electrons. The molecule has 6 N–H and O–H groups in total. The van der Waals surface area contributed by atoms with Crippen LogP contribution in [0, 0.1) is 0 Å². The Morgan fingerprint density at radius 2 is 0.850 bits per heavy atom. The second-order valence-corrected chi connectivity index (χ2v) is 4.46. The summed E-state index contributed by atoms with van der Waals surface area (Å²) < 4.78 is 31.6. The van der Waals surface area contributed by atoms with E-state index in [2.05, 4.69) is 13.8 Å². The molecule has 0 aliphatic rings. The molecule has 0 atom stereocenters. The third kappa shape index (κ3) is 91.5. The van der Waals surface area contributed by atoms with Gasteiger partial charge in [-0.15, -0.1) is 24.8 Å². The minimum atomic E-state index is -4.67. The van der Waals surface area contributed by atoms with Gasteiger partial charge in [0, 0.05) is 0 Å². The number of hydrogen-bond donors (Lipinski definition) is 2. The van der Waals surface area contributed by atoms with Crippen LogP contribution in [-0.2, 0) is 10.4 Å². The molecule has 0 heterocycles. The molecule has 0 radical (unpaired) electrons. The van der Waals surface area contributed by atoms with Gasteiger partial charge in [0.1, 0.15) is 0 Å². The van der Waals surface area contributed by atoms with E-state index in [9.17, 15) is 0 Å². The van der Waals surface area contributed by atoms with Crippen LogP contribution in [0.3, 0.4) is 0 Å². The van der Waals surface area contributed by atoms with Crippen molar-refractivity contribution in [2.45, 2.75) is 65.2 Å². The molecule has 0 spiro atoms. The van der Waals surface area contributed by atoms with E-state index in [1.165, 1.54) is 51.4 Å². The van der Waals surface area contributed by atoms with Crippen LogP contribution in [-0.4, -0.2) is 66.2 Å². The first kappa shape index (κ1) is 43.0. The number of halogens is 2. The van der Waals surface area contributed by atoms with Crippen molar-refractivity contribution in [1.29, 1.82) is 0 Å². The van der Waals surface area contributed by atoms with E-state index in [1.54, 1.807) is 0 Å². The summed E-state index contributed by atoms with van der Waals surface area (Å²) in [5.41, 5.74) is 0. The fourth-order valence-corrected chi connectivity index (χ4v) is 1.21. The summed E-state index contributed by atoms with van der Waals surface area (Å²) in [7, 11) is -4.67. The van der Waals surface area contributed by atoms with Gasteiger partial charge in [0.05, 0.1) is 0 Å². The van der Waals surface area contributed by atoms with Gasteiger partial charge >= 0.3 is 48.1 Å². The van der Waals surface area contributed by atoms with E-state index in [0.717, 1.165) is 0 Å². The van der Waals surface area contributed by atoms with Crippen molar-refractivity contribution >= 4 is 73.0 Å². The Morgan fingerprint density at radius 3 is 1.00 bits per heavy atom. The zero-order chi connectivity index (χ0) is 12.2. The molecule has 0 aromatic heterocycles. The van der Waals surface area contributed by atoms with Crippen LogP contribution >= 0.6 is 24.8 Å². The average Bonchev–Trinajstić information content (AvgIpc) is 2.08. The van der Waals surface area contributed by atoms with E-state index in [-0.39, 0.29) is 73.5 Å². The summed E-state index contributed by atoms with van der Waals surface area (Å²) in [5.74, 6) is 0. The molecule has 10 heteroatoms. The molecule has 20 heavy (non-hydrogen) atoms. The van der Waals surface area contributed by atoms with Crippen LogP contribution in [0.2, 0.25) is 0 Å². The fraction of sp³-hybridized carbons (Fsp3) is 1.00. The Morgan fingerprint density at radius 1 is 0.700 bits per heavy atom. The van der Waals surface area contributed by atoms with E-state index >= 15 is 0 Å². The molecule has 0 saturated heterocycles. The van der Waals surface area contributed by atoms with Crippen molar-refractivity contribution < 1.29 is 28.5 Å². The maximum atomic E-state index is 8.74. The van der Waals surface area contributed by atoms with Gasteiger partial charge in [0.15, 0.2) is 0 Å². The van der Waals surface area contributed by atoms with Crippen LogP contribution in [0.1, 0.15) is 65.2 Å². The molecule has 0 saturated carbocycles. The third-order valence-electron chi connectivity index (χ3n) is 1.96. The molecule has 0 aliphatic carbocycles. The van der Waals surface area contributed by atoms with Crippen molar-refractivity contribution in [2.24, 2.45) is 0 Å². The Kier molecular flexibility index (Phi) is 70.0. The van der Waals surface area contributed by atoms with Crippen LogP contribution in [0.25, 0.3) is 0 Å². The van der Waals surface area contributed by atoms with Crippen LogP contribution in [0.5, 0.6) is 0 Å². The standard InChI is InChI=1S/C10H22.Ca.2ClH.H2O4S.2H2O.2H/c1-3-5-7-9-10-8-6-4-2;;;;1-5(2,3)4;;;;/h3-10H2,1-2H3;;2*1H;(H2,1,2,3,4);2*1H2;;. The Bertz CT molecular complexity index is 202. The Labute approximate surface area is 165 Å². The van der Waals surface area contributed by atoms with Crippen molar-refractivity contribution in [3.63, 3.8) is 0 Å². The van der Waals surface area contributed by atoms with Gasteiger partial charge in [-0.25, -0.2) is 0 Å². The molecule has 0 amide bonds. The van der Waals surface area contributed by atoms with Gasteiger partial charge in [-0.1, -0.05) is 65.2 Å². The molecule has 0 aliphatic heterocycles. The van der Waals surface area contributed by atoms with Gasteiger partial charge in [-0.05, 0) is 0 Å². The first-order valence-corrected chi connectivity index (χ1v) is 7.01. The van der Waals surface area contributed by atoms with Gasteiger partial charge in [0.2, 0.25) is 0 Å². The Balaban J connectivity index is -0.0000000303. The van der Waals surface area contributed by atoms with Gasteiger partial charge < -0.3 is 11.0 Å². The summed E-state index contributed by atoms with van der Waals surface area (Å²) >= 11 is 0.